The number of nitrogens with zero attached hydrogens (tertiary/aromatic N) is 1. The minimum Gasteiger partial charge on any atom is -0.469 e. The molecule has 0 aliphatic carbocycles. The highest BCUT2D eigenvalue weighted by atomic mass is 16.5. The SMILES string of the molecule is COC(=O)CC1=NCc2ccccc2N1. The number of fused-ring (bicyclic) bond motifs is 1. The number of rotatable bonds is 2. The number of ether oxygens (including phenoxy) is 1. The van der Waals surface area contributed by atoms with Crippen LogP contribution in [0.25, 0.3) is 0 Å². The second-order valence-corrected chi connectivity index (χ2v) is 3.30. The molecule has 0 atom stereocenters. The average molecular weight is 204 g/mol. The summed E-state index contributed by atoms with van der Waals surface area (Å²) >= 11 is 0. The van der Waals surface area contributed by atoms with E-state index in [1.54, 1.807) is 0 Å². The number of carbonyl (C=O) groups is 1. The first kappa shape index (κ1) is 9.71. The summed E-state index contributed by atoms with van der Waals surface area (Å²) in [6.07, 6.45) is 0.199. The fourth-order valence-corrected chi connectivity index (χ4v) is 1.46. The van der Waals surface area contributed by atoms with E-state index in [0.717, 1.165) is 11.3 Å². The van der Waals surface area contributed by atoms with Crippen LogP contribution in [-0.4, -0.2) is 18.9 Å². The molecule has 1 aromatic carbocycles. The lowest BCUT2D eigenvalue weighted by Gasteiger charge is -2.17. The summed E-state index contributed by atoms with van der Waals surface area (Å²) in [5.41, 5.74) is 2.16. The summed E-state index contributed by atoms with van der Waals surface area (Å²) in [4.78, 5) is 15.3. The second-order valence-electron chi connectivity index (χ2n) is 3.30. The molecule has 0 unspecified atom stereocenters. The van der Waals surface area contributed by atoms with Gasteiger partial charge in [0.25, 0.3) is 0 Å². The minimum absolute atomic E-state index is 0.199. The molecule has 0 saturated heterocycles. The molecular weight excluding hydrogens is 192 g/mol. The molecule has 0 bridgehead atoms. The van der Waals surface area contributed by atoms with E-state index < -0.39 is 0 Å². The summed E-state index contributed by atoms with van der Waals surface area (Å²) < 4.78 is 4.58. The van der Waals surface area contributed by atoms with Crippen LogP contribution < -0.4 is 5.32 Å². The molecule has 0 saturated carbocycles. The number of benzene rings is 1. The molecule has 1 heterocycles. The molecule has 1 aliphatic heterocycles. The number of anilines is 1. The number of amidine groups is 1. The molecule has 15 heavy (non-hydrogen) atoms. The smallest absolute Gasteiger partial charge is 0.313 e. The van der Waals surface area contributed by atoms with Gasteiger partial charge in [0.15, 0.2) is 0 Å². The third-order valence-corrected chi connectivity index (χ3v) is 2.28. The lowest BCUT2D eigenvalue weighted by Crippen LogP contribution is -2.21. The zero-order valence-corrected chi connectivity index (χ0v) is 8.49. The van der Waals surface area contributed by atoms with Crippen molar-refractivity contribution in [2.24, 2.45) is 4.99 Å². The van der Waals surface area contributed by atoms with Gasteiger partial charge in [-0.2, -0.15) is 0 Å². The Morgan fingerprint density at radius 3 is 3.13 bits per heavy atom. The first-order valence-corrected chi connectivity index (χ1v) is 4.74. The van der Waals surface area contributed by atoms with Gasteiger partial charge >= 0.3 is 5.97 Å². The fourth-order valence-electron chi connectivity index (χ4n) is 1.46. The molecular formula is C11H12N2O2. The maximum absolute atomic E-state index is 11.0. The number of esters is 1. The van der Waals surface area contributed by atoms with Crippen molar-refractivity contribution in [2.45, 2.75) is 13.0 Å². The van der Waals surface area contributed by atoms with Crippen LogP contribution in [0.4, 0.5) is 5.69 Å². The van der Waals surface area contributed by atoms with Gasteiger partial charge in [0.2, 0.25) is 0 Å². The predicted octanol–water partition coefficient (Wildman–Crippen LogP) is 1.57. The monoisotopic (exact) mass is 204 g/mol. The van der Waals surface area contributed by atoms with Gasteiger partial charge in [-0.05, 0) is 11.6 Å². The van der Waals surface area contributed by atoms with Crippen LogP contribution in [0.2, 0.25) is 0 Å². The quantitative estimate of drug-likeness (QED) is 0.744. The van der Waals surface area contributed by atoms with Gasteiger partial charge in [-0.15, -0.1) is 0 Å². The summed E-state index contributed by atoms with van der Waals surface area (Å²) in [6.45, 7) is 0.621. The van der Waals surface area contributed by atoms with E-state index in [1.807, 2.05) is 24.3 Å². The number of carbonyl (C=O) groups excluding carboxylic acids is 1. The zero-order chi connectivity index (χ0) is 10.7. The molecule has 0 aromatic heterocycles. The maximum Gasteiger partial charge on any atom is 0.313 e. The molecule has 1 aliphatic rings. The first-order valence-electron chi connectivity index (χ1n) is 4.74. The van der Waals surface area contributed by atoms with Crippen LogP contribution in [0.5, 0.6) is 0 Å². The summed E-state index contributed by atoms with van der Waals surface area (Å²) in [5.74, 6) is 0.390. The van der Waals surface area contributed by atoms with Crippen LogP contribution in [0.15, 0.2) is 29.3 Å². The van der Waals surface area contributed by atoms with E-state index in [9.17, 15) is 4.79 Å². The number of hydrogen-bond donors (Lipinski definition) is 1. The topological polar surface area (TPSA) is 50.7 Å². The van der Waals surface area contributed by atoms with Crippen molar-refractivity contribution >= 4 is 17.5 Å². The summed E-state index contributed by atoms with van der Waals surface area (Å²) in [7, 11) is 1.37. The van der Waals surface area contributed by atoms with Gasteiger partial charge in [0.05, 0.1) is 13.7 Å². The molecule has 4 heteroatoms. The Bertz CT molecular complexity index is 413. The van der Waals surface area contributed by atoms with Gasteiger partial charge in [0.1, 0.15) is 12.3 Å². The number of hydrogen-bond acceptors (Lipinski definition) is 4. The van der Waals surface area contributed by atoms with Crippen molar-refractivity contribution in [2.75, 3.05) is 12.4 Å². The van der Waals surface area contributed by atoms with Gasteiger partial charge < -0.3 is 10.1 Å². The molecule has 78 valence electrons. The van der Waals surface area contributed by atoms with Crippen molar-refractivity contribution in [3.63, 3.8) is 0 Å². The second kappa shape index (κ2) is 4.13. The molecule has 0 radical (unpaired) electrons. The van der Waals surface area contributed by atoms with E-state index in [2.05, 4.69) is 15.0 Å². The number of nitrogens with one attached hydrogen (secondary N) is 1. The Hall–Kier alpha value is -1.84. The van der Waals surface area contributed by atoms with Crippen LogP contribution in [-0.2, 0) is 16.1 Å². The maximum atomic E-state index is 11.0. The van der Waals surface area contributed by atoms with Crippen LogP contribution in [0, 0.1) is 0 Å². The van der Waals surface area contributed by atoms with E-state index in [1.165, 1.54) is 7.11 Å². The molecule has 0 amide bonds. The summed E-state index contributed by atoms with van der Waals surface area (Å²) in [5, 5.41) is 3.11. The number of methoxy groups -OCH3 is 1. The molecule has 4 nitrogen and oxygen atoms in total. The highest BCUT2D eigenvalue weighted by Gasteiger charge is 2.13. The zero-order valence-electron chi connectivity index (χ0n) is 8.49. The molecule has 1 aromatic rings. The van der Waals surface area contributed by atoms with Gasteiger partial charge in [-0.3, -0.25) is 9.79 Å². The Balaban J connectivity index is 2.09. The standard InChI is InChI=1S/C11H12N2O2/c1-15-11(14)6-10-12-7-8-4-2-3-5-9(8)13-10/h2-5H,6-7H2,1H3,(H,12,13). The molecule has 2 rings (SSSR count). The number of aliphatic imine (C=N–C) groups is 1. The Labute approximate surface area is 88.0 Å². The van der Waals surface area contributed by atoms with Gasteiger partial charge in [-0.1, -0.05) is 18.2 Å². The Kier molecular flexibility index (Phi) is 2.67. The van der Waals surface area contributed by atoms with Crippen LogP contribution in [0.1, 0.15) is 12.0 Å². The highest BCUT2D eigenvalue weighted by Crippen LogP contribution is 2.20. The number of para-hydroxylation sites is 1. The normalized spacial score (nSPS) is 13.5. The van der Waals surface area contributed by atoms with Gasteiger partial charge in [-0.25, -0.2) is 0 Å². The van der Waals surface area contributed by atoms with Crippen molar-refractivity contribution < 1.29 is 9.53 Å². The van der Waals surface area contributed by atoms with Crippen LogP contribution in [0.3, 0.4) is 0 Å². The van der Waals surface area contributed by atoms with E-state index in [0.29, 0.717) is 12.4 Å². The summed E-state index contributed by atoms with van der Waals surface area (Å²) in [6, 6.07) is 7.91. The van der Waals surface area contributed by atoms with Crippen molar-refractivity contribution in [1.29, 1.82) is 0 Å². The van der Waals surface area contributed by atoms with E-state index in [-0.39, 0.29) is 12.4 Å². The van der Waals surface area contributed by atoms with E-state index in [4.69, 9.17) is 0 Å². The van der Waals surface area contributed by atoms with E-state index >= 15 is 0 Å². The molecule has 1 N–H and O–H groups in total. The van der Waals surface area contributed by atoms with Gasteiger partial charge in [0, 0.05) is 5.69 Å². The molecule has 0 spiro atoms. The highest BCUT2D eigenvalue weighted by molar-refractivity contribution is 6.06. The van der Waals surface area contributed by atoms with Crippen molar-refractivity contribution in [3.05, 3.63) is 29.8 Å². The lowest BCUT2D eigenvalue weighted by atomic mass is 10.1. The largest absolute Gasteiger partial charge is 0.469 e. The fraction of sp³-hybridized carbons (Fsp3) is 0.273. The third kappa shape index (κ3) is 2.15. The minimum atomic E-state index is -0.277. The Morgan fingerprint density at radius 2 is 2.33 bits per heavy atom. The first-order chi connectivity index (χ1) is 7.29. The third-order valence-electron chi connectivity index (χ3n) is 2.28. The molecule has 0 fully saturated rings. The van der Waals surface area contributed by atoms with Crippen molar-refractivity contribution in [3.8, 4) is 0 Å². The van der Waals surface area contributed by atoms with Crippen molar-refractivity contribution in [1.82, 2.24) is 0 Å². The predicted molar refractivity (Wildman–Crippen MR) is 57.8 cm³/mol. The average Bonchev–Trinajstić information content (AvgIpc) is 2.29. The van der Waals surface area contributed by atoms with Crippen LogP contribution >= 0.6 is 0 Å². The Morgan fingerprint density at radius 1 is 1.53 bits per heavy atom. The lowest BCUT2D eigenvalue weighted by molar-refractivity contribution is -0.139.